The van der Waals surface area contributed by atoms with E-state index in [0.29, 0.717) is 16.8 Å². The third-order valence-corrected chi connectivity index (χ3v) is 4.49. The Morgan fingerprint density at radius 1 is 1.43 bits per heavy atom. The van der Waals surface area contributed by atoms with E-state index in [9.17, 15) is 4.79 Å². The molecule has 0 aliphatic heterocycles. The number of aromatic nitrogens is 1. The van der Waals surface area contributed by atoms with Crippen molar-refractivity contribution >= 4 is 23.3 Å². The highest BCUT2D eigenvalue weighted by Gasteiger charge is 2.25. The summed E-state index contributed by atoms with van der Waals surface area (Å²) in [6.45, 7) is 2.10. The lowest BCUT2D eigenvalue weighted by molar-refractivity contribution is 0.0906. The first-order valence-corrected chi connectivity index (χ1v) is 7.97. The van der Waals surface area contributed by atoms with Gasteiger partial charge in [0.15, 0.2) is 0 Å². The van der Waals surface area contributed by atoms with E-state index < -0.39 is 0 Å². The molecule has 1 heterocycles. The second-order valence-electron chi connectivity index (χ2n) is 5.56. The summed E-state index contributed by atoms with van der Waals surface area (Å²) in [5.41, 5.74) is 2.65. The smallest absolute Gasteiger partial charge is 0.271 e. The first-order chi connectivity index (χ1) is 10.2. The van der Waals surface area contributed by atoms with Crippen LogP contribution in [0.2, 0.25) is 5.02 Å². The lowest BCUT2D eigenvalue weighted by atomic mass is 9.83. The lowest BCUT2D eigenvalue weighted by Crippen LogP contribution is -2.41. The van der Waals surface area contributed by atoms with Crippen molar-refractivity contribution < 1.29 is 4.79 Å². The molecule has 21 heavy (non-hydrogen) atoms. The fraction of sp³-hybridized carbons (Fsp3) is 0.600. The van der Waals surface area contributed by atoms with Crippen molar-refractivity contribution in [3.63, 3.8) is 0 Å². The standard InChI is InChI=1S/C15H23ClN4O/c1-2-12(10-6-4-3-5-7-10)18-15(21)14-11(16)8-9-13(19-14)20-17/h8-10,12H,2-7,17H2,1H3,(H,18,21)(H,19,20). The minimum absolute atomic E-state index is 0.185. The van der Waals surface area contributed by atoms with Crippen LogP contribution in [0.15, 0.2) is 12.1 Å². The normalized spacial score (nSPS) is 17.3. The van der Waals surface area contributed by atoms with E-state index in [1.807, 2.05) is 0 Å². The number of rotatable bonds is 5. The molecule has 1 aromatic heterocycles. The van der Waals surface area contributed by atoms with Crippen molar-refractivity contribution in [2.75, 3.05) is 5.43 Å². The van der Waals surface area contributed by atoms with Crippen LogP contribution in [-0.4, -0.2) is 16.9 Å². The fourth-order valence-corrected chi connectivity index (χ4v) is 3.20. The Bertz CT molecular complexity index is 489. The van der Waals surface area contributed by atoms with Crippen molar-refractivity contribution in [2.45, 2.75) is 51.5 Å². The lowest BCUT2D eigenvalue weighted by Gasteiger charge is -2.30. The van der Waals surface area contributed by atoms with Gasteiger partial charge in [-0.2, -0.15) is 0 Å². The molecule has 0 bridgehead atoms. The van der Waals surface area contributed by atoms with E-state index in [2.05, 4.69) is 22.7 Å². The zero-order valence-corrected chi connectivity index (χ0v) is 13.1. The predicted octanol–water partition coefficient (Wildman–Crippen LogP) is 3.11. The number of amides is 1. The maximum atomic E-state index is 12.4. The van der Waals surface area contributed by atoms with Gasteiger partial charge in [0.2, 0.25) is 0 Å². The van der Waals surface area contributed by atoms with Crippen LogP contribution in [0.3, 0.4) is 0 Å². The van der Waals surface area contributed by atoms with Gasteiger partial charge in [-0.25, -0.2) is 10.8 Å². The van der Waals surface area contributed by atoms with Gasteiger partial charge in [-0.05, 0) is 37.3 Å². The molecular formula is C15H23ClN4O. The summed E-state index contributed by atoms with van der Waals surface area (Å²) in [6, 6.07) is 3.45. The number of halogens is 1. The summed E-state index contributed by atoms with van der Waals surface area (Å²) in [5.74, 6) is 6.08. The van der Waals surface area contributed by atoms with E-state index in [4.69, 9.17) is 17.4 Å². The molecule has 5 nitrogen and oxygen atoms in total. The summed E-state index contributed by atoms with van der Waals surface area (Å²) < 4.78 is 0. The van der Waals surface area contributed by atoms with Crippen LogP contribution in [-0.2, 0) is 0 Å². The van der Waals surface area contributed by atoms with Gasteiger partial charge in [-0.15, -0.1) is 0 Å². The third-order valence-electron chi connectivity index (χ3n) is 4.18. The number of nitrogens with one attached hydrogen (secondary N) is 2. The van der Waals surface area contributed by atoms with Crippen LogP contribution in [0.25, 0.3) is 0 Å². The average molecular weight is 311 g/mol. The molecule has 0 saturated heterocycles. The maximum Gasteiger partial charge on any atom is 0.271 e. The average Bonchev–Trinajstić information content (AvgIpc) is 2.53. The molecule has 1 aliphatic carbocycles. The first kappa shape index (κ1) is 16.0. The molecule has 116 valence electrons. The molecule has 1 aliphatic rings. The highest BCUT2D eigenvalue weighted by atomic mass is 35.5. The molecule has 0 spiro atoms. The van der Waals surface area contributed by atoms with Gasteiger partial charge in [-0.3, -0.25) is 4.79 Å². The van der Waals surface area contributed by atoms with Gasteiger partial charge in [0.1, 0.15) is 11.5 Å². The monoisotopic (exact) mass is 310 g/mol. The molecule has 1 unspecified atom stereocenters. The third kappa shape index (κ3) is 4.08. The molecule has 2 rings (SSSR count). The van der Waals surface area contributed by atoms with Crippen LogP contribution >= 0.6 is 11.6 Å². The summed E-state index contributed by atoms with van der Waals surface area (Å²) in [5, 5.41) is 3.43. The molecule has 6 heteroatoms. The molecule has 1 saturated carbocycles. The highest BCUT2D eigenvalue weighted by molar-refractivity contribution is 6.33. The zero-order chi connectivity index (χ0) is 15.2. The molecule has 0 radical (unpaired) electrons. The molecule has 1 aromatic rings. The maximum absolute atomic E-state index is 12.4. The molecule has 4 N–H and O–H groups in total. The van der Waals surface area contributed by atoms with Crippen molar-refractivity contribution in [1.82, 2.24) is 10.3 Å². The second-order valence-corrected chi connectivity index (χ2v) is 5.96. The molecule has 1 fully saturated rings. The van der Waals surface area contributed by atoms with Gasteiger partial charge in [0.05, 0.1) is 5.02 Å². The van der Waals surface area contributed by atoms with Crippen LogP contribution in [0.4, 0.5) is 5.82 Å². The van der Waals surface area contributed by atoms with Gasteiger partial charge in [0, 0.05) is 6.04 Å². The predicted molar refractivity (Wildman–Crippen MR) is 85.2 cm³/mol. The molecule has 1 atom stereocenters. The van der Waals surface area contributed by atoms with Crippen LogP contribution < -0.4 is 16.6 Å². The van der Waals surface area contributed by atoms with Crippen LogP contribution in [0, 0.1) is 5.92 Å². The molecule has 1 amide bonds. The Hall–Kier alpha value is -1.33. The number of nitrogen functional groups attached to an aromatic ring is 1. The Morgan fingerprint density at radius 2 is 2.14 bits per heavy atom. The summed E-state index contributed by atoms with van der Waals surface area (Å²) in [4.78, 5) is 16.6. The Labute approximate surface area is 130 Å². The van der Waals surface area contributed by atoms with Crippen molar-refractivity contribution in [1.29, 1.82) is 0 Å². The van der Waals surface area contributed by atoms with Crippen LogP contribution in [0.5, 0.6) is 0 Å². The van der Waals surface area contributed by atoms with Gasteiger partial charge >= 0.3 is 0 Å². The number of pyridine rings is 1. The van der Waals surface area contributed by atoms with E-state index in [0.717, 1.165) is 6.42 Å². The second kappa shape index (κ2) is 7.61. The first-order valence-electron chi connectivity index (χ1n) is 7.59. The number of hydrazine groups is 1. The minimum Gasteiger partial charge on any atom is -0.348 e. The fourth-order valence-electron chi connectivity index (χ4n) is 3.01. The Kier molecular flexibility index (Phi) is 5.82. The topological polar surface area (TPSA) is 80.0 Å². The zero-order valence-electron chi connectivity index (χ0n) is 12.4. The SMILES string of the molecule is CCC(NC(=O)c1nc(NN)ccc1Cl)C1CCCCC1. The minimum atomic E-state index is -0.227. The summed E-state index contributed by atoms with van der Waals surface area (Å²) in [6.07, 6.45) is 7.10. The van der Waals surface area contributed by atoms with Gasteiger partial charge in [0.25, 0.3) is 5.91 Å². The molecule has 0 aromatic carbocycles. The van der Waals surface area contributed by atoms with E-state index in [1.54, 1.807) is 12.1 Å². The number of hydrogen-bond acceptors (Lipinski definition) is 4. The van der Waals surface area contributed by atoms with Crippen molar-refractivity contribution in [3.8, 4) is 0 Å². The summed E-state index contributed by atoms with van der Waals surface area (Å²) in [7, 11) is 0. The summed E-state index contributed by atoms with van der Waals surface area (Å²) >= 11 is 6.07. The van der Waals surface area contributed by atoms with Gasteiger partial charge < -0.3 is 10.7 Å². The van der Waals surface area contributed by atoms with E-state index >= 15 is 0 Å². The van der Waals surface area contributed by atoms with Gasteiger partial charge in [-0.1, -0.05) is 37.8 Å². The van der Waals surface area contributed by atoms with Crippen LogP contribution in [0.1, 0.15) is 55.9 Å². The van der Waals surface area contributed by atoms with Crippen molar-refractivity contribution in [2.24, 2.45) is 11.8 Å². The number of carbonyl (C=O) groups excluding carboxylic acids is 1. The number of carbonyl (C=O) groups is 1. The van der Waals surface area contributed by atoms with E-state index in [-0.39, 0.29) is 17.6 Å². The Morgan fingerprint density at radius 3 is 2.76 bits per heavy atom. The number of anilines is 1. The molecular weight excluding hydrogens is 288 g/mol. The van der Waals surface area contributed by atoms with E-state index in [1.165, 1.54) is 32.1 Å². The number of hydrogen-bond donors (Lipinski definition) is 3. The highest BCUT2D eigenvalue weighted by Crippen LogP contribution is 2.28. The number of nitrogens with two attached hydrogens (primary N) is 1. The quantitative estimate of drug-likeness (QED) is 0.576. The van der Waals surface area contributed by atoms with Crippen molar-refractivity contribution in [3.05, 3.63) is 22.8 Å². The number of nitrogens with zero attached hydrogens (tertiary/aromatic N) is 1. The Balaban J connectivity index is 2.08. The largest absolute Gasteiger partial charge is 0.348 e.